The first kappa shape index (κ1) is 20.4. The minimum Gasteiger partial charge on any atom is -0.355 e. The van der Waals surface area contributed by atoms with Crippen molar-refractivity contribution in [1.29, 1.82) is 0 Å². The highest BCUT2D eigenvalue weighted by atomic mass is 35.5. The predicted molar refractivity (Wildman–Crippen MR) is 112 cm³/mol. The van der Waals surface area contributed by atoms with E-state index in [-0.39, 0.29) is 11.2 Å². The number of rotatable bonds is 8. The topological polar surface area (TPSA) is 72.7 Å². The summed E-state index contributed by atoms with van der Waals surface area (Å²) >= 11 is 7.37. The molecule has 1 aromatic heterocycles. The van der Waals surface area contributed by atoms with E-state index in [2.05, 4.69) is 39.9 Å². The number of nitrogens with zero attached hydrogens (tertiary/aromatic N) is 4. The third-order valence-corrected chi connectivity index (χ3v) is 5.70. The van der Waals surface area contributed by atoms with Crippen LogP contribution in [-0.2, 0) is 4.79 Å². The summed E-state index contributed by atoms with van der Waals surface area (Å²) in [5, 5.41) is 15.6. The van der Waals surface area contributed by atoms with Gasteiger partial charge in [-0.15, -0.1) is 5.10 Å². The molecule has 1 amide bonds. The predicted octanol–water partition coefficient (Wildman–Crippen LogP) is 4.11. The third-order valence-electron chi connectivity index (χ3n) is 4.43. The van der Waals surface area contributed by atoms with Gasteiger partial charge in [0, 0.05) is 17.5 Å². The molecular formula is C20H22ClN5OS. The minimum absolute atomic E-state index is 0.0416. The van der Waals surface area contributed by atoms with E-state index in [1.54, 1.807) is 16.8 Å². The molecule has 2 atom stereocenters. The second-order valence-corrected chi connectivity index (χ2v) is 8.12. The molecule has 28 heavy (non-hydrogen) atoms. The summed E-state index contributed by atoms with van der Waals surface area (Å²) in [5.74, 6) is 0.249. The van der Waals surface area contributed by atoms with Crippen LogP contribution >= 0.6 is 23.4 Å². The highest BCUT2D eigenvalue weighted by Crippen LogP contribution is 2.24. The molecule has 3 aromatic rings. The Morgan fingerprint density at radius 1 is 1.21 bits per heavy atom. The molecule has 8 heteroatoms. The lowest BCUT2D eigenvalue weighted by Gasteiger charge is -2.18. The van der Waals surface area contributed by atoms with Gasteiger partial charge in [-0.25, -0.2) is 0 Å². The Morgan fingerprint density at radius 3 is 2.71 bits per heavy atom. The molecule has 1 heterocycles. The number of carbonyl (C=O) groups is 1. The lowest BCUT2D eigenvalue weighted by Crippen LogP contribution is -2.34. The highest BCUT2D eigenvalue weighted by molar-refractivity contribution is 8.00. The number of nitrogens with one attached hydrogen (secondary N) is 1. The maximum absolute atomic E-state index is 12.6. The zero-order valence-corrected chi connectivity index (χ0v) is 17.3. The number of tetrazole rings is 1. The first-order valence-corrected chi connectivity index (χ1v) is 10.4. The lowest BCUT2D eigenvalue weighted by atomic mass is 9.96. The molecule has 0 radical (unpaired) electrons. The van der Waals surface area contributed by atoms with Crippen molar-refractivity contribution in [2.45, 2.75) is 36.6 Å². The van der Waals surface area contributed by atoms with E-state index >= 15 is 0 Å². The van der Waals surface area contributed by atoms with Crippen LogP contribution < -0.4 is 5.32 Å². The summed E-state index contributed by atoms with van der Waals surface area (Å²) in [5.41, 5.74) is 1.98. The Bertz CT molecular complexity index is 918. The average molecular weight is 416 g/mol. The van der Waals surface area contributed by atoms with Crippen LogP contribution in [0, 0.1) is 0 Å². The van der Waals surface area contributed by atoms with E-state index in [0.717, 1.165) is 12.1 Å². The van der Waals surface area contributed by atoms with E-state index in [4.69, 9.17) is 11.6 Å². The molecule has 6 nitrogen and oxygen atoms in total. The van der Waals surface area contributed by atoms with E-state index in [1.165, 1.54) is 17.3 Å². The molecule has 3 rings (SSSR count). The van der Waals surface area contributed by atoms with E-state index in [0.29, 0.717) is 22.6 Å². The smallest absolute Gasteiger partial charge is 0.233 e. The number of hydrogen-bond donors (Lipinski definition) is 1. The van der Waals surface area contributed by atoms with Crippen molar-refractivity contribution in [1.82, 2.24) is 25.5 Å². The van der Waals surface area contributed by atoms with Gasteiger partial charge < -0.3 is 5.32 Å². The fourth-order valence-electron chi connectivity index (χ4n) is 2.82. The molecule has 0 aliphatic rings. The van der Waals surface area contributed by atoms with Crippen molar-refractivity contribution in [3.63, 3.8) is 0 Å². The summed E-state index contributed by atoms with van der Waals surface area (Å²) in [6.45, 7) is 4.57. The van der Waals surface area contributed by atoms with Gasteiger partial charge in [0.2, 0.25) is 11.1 Å². The number of thioether (sulfide) groups is 1. The van der Waals surface area contributed by atoms with Gasteiger partial charge in [0.25, 0.3) is 0 Å². The molecule has 1 N–H and O–H groups in total. The number of aromatic nitrogens is 4. The molecule has 0 bridgehead atoms. The first-order chi connectivity index (χ1) is 13.6. The number of carbonyl (C=O) groups excluding carboxylic acids is 1. The monoisotopic (exact) mass is 415 g/mol. The van der Waals surface area contributed by atoms with Gasteiger partial charge in [0.1, 0.15) is 0 Å². The molecular weight excluding hydrogens is 394 g/mol. The first-order valence-electron chi connectivity index (χ1n) is 9.12. The molecule has 0 saturated heterocycles. The van der Waals surface area contributed by atoms with Crippen molar-refractivity contribution in [2.75, 3.05) is 6.54 Å². The van der Waals surface area contributed by atoms with Crippen LogP contribution in [0.5, 0.6) is 0 Å². The van der Waals surface area contributed by atoms with E-state index in [1.807, 2.05) is 37.3 Å². The van der Waals surface area contributed by atoms with Gasteiger partial charge in [-0.2, -0.15) is 4.68 Å². The summed E-state index contributed by atoms with van der Waals surface area (Å²) in [6.07, 6.45) is 0.957. The summed E-state index contributed by atoms with van der Waals surface area (Å²) < 4.78 is 1.58. The normalized spacial score (nSPS) is 13.1. The Hall–Kier alpha value is -2.38. The maximum Gasteiger partial charge on any atom is 0.233 e. The summed E-state index contributed by atoms with van der Waals surface area (Å²) in [7, 11) is 0. The van der Waals surface area contributed by atoms with Crippen LogP contribution in [0.2, 0.25) is 5.02 Å². The fourth-order valence-corrected chi connectivity index (χ4v) is 3.84. The van der Waals surface area contributed by atoms with Crippen LogP contribution in [0.15, 0.2) is 59.8 Å². The zero-order chi connectivity index (χ0) is 19.9. The SMILES string of the molecule is CC[C@H](CNC(=O)[C@@H](C)Sc1nnnn1-c1cccc(Cl)c1)c1ccccc1. The molecule has 0 aliphatic heterocycles. The fraction of sp³-hybridized carbons (Fsp3) is 0.300. The van der Waals surface area contributed by atoms with Crippen LogP contribution in [0.4, 0.5) is 0 Å². The van der Waals surface area contributed by atoms with Crippen LogP contribution in [0.3, 0.4) is 0 Å². The van der Waals surface area contributed by atoms with Gasteiger partial charge in [0.05, 0.1) is 10.9 Å². The van der Waals surface area contributed by atoms with E-state index < -0.39 is 0 Å². The molecule has 0 spiro atoms. The van der Waals surface area contributed by atoms with Crippen molar-refractivity contribution in [2.24, 2.45) is 0 Å². The van der Waals surface area contributed by atoms with Crippen molar-refractivity contribution < 1.29 is 4.79 Å². The number of halogens is 1. The lowest BCUT2D eigenvalue weighted by molar-refractivity contribution is -0.120. The Balaban J connectivity index is 1.61. The second-order valence-electron chi connectivity index (χ2n) is 6.37. The second kappa shape index (κ2) is 9.71. The summed E-state index contributed by atoms with van der Waals surface area (Å²) in [4.78, 5) is 12.6. The van der Waals surface area contributed by atoms with Gasteiger partial charge in [-0.05, 0) is 47.5 Å². The van der Waals surface area contributed by atoms with Crippen molar-refractivity contribution in [3.8, 4) is 5.69 Å². The number of benzene rings is 2. The summed E-state index contributed by atoms with van der Waals surface area (Å²) in [6, 6.07) is 17.5. The molecule has 0 fully saturated rings. The molecule has 146 valence electrons. The van der Waals surface area contributed by atoms with Crippen LogP contribution in [-0.4, -0.2) is 37.9 Å². The standard InChI is InChI=1S/C20H22ClN5OS/c1-3-15(16-8-5-4-6-9-16)13-22-19(27)14(2)28-20-23-24-25-26(20)18-11-7-10-17(21)12-18/h4-12,14-15H,3,13H2,1-2H3,(H,22,27)/t14-,15-/m1/s1. The van der Waals surface area contributed by atoms with Gasteiger partial charge in [-0.1, -0.05) is 66.7 Å². The van der Waals surface area contributed by atoms with Crippen LogP contribution in [0.1, 0.15) is 31.7 Å². The van der Waals surface area contributed by atoms with Gasteiger partial charge in [-0.3, -0.25) is 4.79 Å². The van der Waals surface area contributed by atoms with Crippen molar-refractivity contribution in [3.05, 3.63) is 65.2 Å². The highest BCUT2D eigenvalue weighted by Gasteiger charge is 2.20. The minimum atomic E-state index is -0.336. The quantitative estimate of drug-likeness (QED) is 0.560. The van der Waals surface area contributed by atoms with E-state index in [9.17, 15) is 4.79 Å². The maximum atomic E-state index is 12.6. The molecule has 0 saturated carbocycles. The Labute approximate surface area is 173 Å². The average Bonchev–Trinajstić information content (AvgIpc) is 3.17. The number of hydrogen-bond acceptors (Lipinski definition) is 5. The molecule has 0 unspecified atom stereocenters. The largest absolute Gasteiger partial charge is 0.355 e. The number of amides is 1. The Kier molecular flexibility index (Phi) is 7.06. The zero-order valence-electron chi connectivity index (χ0n) is 15.7. The molecule has 2 aromatic carbocycles. The van der Waals surface area contributed by atoms with Crippen molar-refractivity contribution >= 4 is 29.3 Å². The Morgan fingerprint density at radius 2 is 2.00 bits per heavy atom. The van der Waals surface area contributed by atoms with Gasteiger partial charge >= 0.3 is 0 Å². The van der Waals surface area contributed by atoms with Crippen LogP contribution in [0.25, 0.3) is 5.69 Å². The molecule has 0 aliphatic carbocycles. The van der Waals surface area contributed by atoms with Gasteiger partial charge in [0.15, 0.2) is 0 Å². The third kappa shape index (κ3) is 5.11.